The molecule has 4 bridgehead atoms. The molecule has 1 heterocycles. The highest BCUT2D eigenvalue weighted by atomic mass is 32.1. The van der Waals surface area contributed by atoms with E-state index in [0.29, 0.717) is 11.8 Å². The quantitative estimate of drug-likeness (QED) is 0.751. The Hall–Kier alpha value is -1.68. The van der Waals surface area contributed by atoms with Crippen LogP contribution in [0, 0.1) is 18.8 Å². The number of thiazole rings is 1. The first-order chi connectivity index (χ1) is 13.0. The van der Waals surface area contributed by atoms with Gasteiger partial charge in [0.2, 0.25) is 5.91 Å². The summed E-state index contributed by atoms with van der Waals surface area (Å²) in [6.07, 6.45) is 8.38. The smallest absolute Gasteiger partial charge is 0.225 e. The number of amides is 1. The Morgan fingerprint density at radius 1 is 1.15 bits per heavy atom. The molecule has 1 N–H and O–H groups in total. The number of nitrogens with zero attached hydrogens (tertiary/aromatic N) is 1. The third-order valence-corrected chi connectivity index (χ3v) is 8.10. The van der Waals surface area contributed by atoms with Crippen LogP contribution < -0.4 is 5.32 Å². The third-order valence-electron chi connectivity index (χ3n) is 7.34. The van der Waals surface area contributed by atoms with Crippen LogP contribution in [0.5, 0.6) is 0 Å². The van der Waals surface area contributed by atoms with Crippen LogP contribution >= 0.6 is 11.3 Å². The summed E-state index contributed by atoms with van der Waals surface area (Å²) in [5.74, 6) is 1.70. The molecule has 4 saturated carbocycles. The molecule has 142 valence electrons. The van der Waals surface area contributed by atoms with E-state index in [2.05, 4.69) is 41.9 Å². The number of rotatable bonds is 4. The Morgan fingerprint density at radius 2 is 1.81 bits per heavy atom. The largest absolute Gasteiger partial charge is 0.302 e. The zero-order valence-electron chi connectivity index (χ0n) is 16.3. The topological polar surface area (TPSA) is 42.0 Å². The lowest BCUT2D eigenvalue weighted by molar-refractivity contribution is -0.115. The summed E-state index contributed by atoms with van der Waals surface area (Å²) in [6.45, 7) is 4.06. The van der Waals surface area contributed by atoms with Gasteiger partial charge in [0.1, 0.15) is 0 Å². The summed E-state index contributed by atoms with van der Waals surface area (Å²) < 4.78 is 0. The fourth-order valence-electron chi connectivity index (χ4n) is 6.59. The van der Waals surface area contributed by atoms with Crippen LogP contribution in [0.2, 0.25) is 0 Å². The normalized spacial score (nSPS) is 34.0. The minimum absolute atomic E-state index is 0.0533. The van der Waals surface area contributed by atoms with Gasteiger partial charge in [-0.1, -0.05) is 36.8 Å². The average molecular weight is 381 g/mol. The fourth-order valence-corrected chi connectivity index (χ4v) is 7.44. The number of aromatic nitrogens is 1. The third kappa shape index (κ3) is 2.84. The molecule has 4 fully saturated rings. The minimum atomic E-state index is 0.0533. The van der Waals surface area contributed by atoms with E-state index in [0.717, 1.165) is 17.0 Å². The van der Waals surface area contributed by atoms with Crippen molar-refractivity contribution in [3.8, 4) is 0 Å². The number of carbonyl (C=O) groups is 1. The molecule has 27 heavy (non-hydrogen) atoms. The van der Waals surface area contributed by atoms with Gasteiger partial charge in [0, 0.05) is 17.2 Å². The monoisotopic (exact) mass is 380 g/mol. The molecule has 0 unspecified atom stereocenters. The van der Waals surface area contributed by atoms with E-state index in [4.69, 9.17) is 4.98 Å². The molecule has 3 nitrogen and oxygen atoms in total. The highest BCUT2D eigenvalue weighted by Gasteiger charge is 2.59. The van der Waals surface area contributed by atoms with Crippen molar-refractivity contribution in [2.75, 3.05) is 5.32 Å². The summed E-state index contributed by atoms with van der Waals surface area (Å²) in [6, 6.07) is 9.32. The molecule has 4 aliphatic rings. The first-order valence-electron chi connectivity index (χ1n) is 10.3. The molecule has 1 aromatic heterocycles. The van der Waals surface area contributed by atoms with Gasteiger partial charge in [-0.3, -0.25) is 4.79 Å². The Balaban J connectivity index is 1.50. The van der Waals surface area contributed by atoms with Gasteiger partial charge in [0.25, 0.3) is 0 Å². The van der Waals surface area contributed by atoms with Crippen LogP contribution in [0.3, 0.4) is 0 Å². The zero-order chi connectivity index (χ0) is 18.6. The first kappa shape index (κ1) is 17.4. The maximum absolute atomic E-state index is 11.8. The van der Waals surface area contributed by atoms with Crippen molar-refractivity contribution in [3.63, 3.8) is 0 Å². The number of hydrogen-bond acceptors (Lipinski definition) is 3. The number of benzene rings is 1. The Bertz CT molecular complexity index is 855. The molecule has 4 heteroatoms. The van der Waals surface area contributed by atoms with Gasteiger partial charge in [-0.2, -0.15) is 0 Å². The van der Waals surface area contributed by atoms with Crippen LogP contribution in [0.4, 0.5) is 5.13 Å². The SMILES string of the molecule is CCC(=O)Nc1nc(C23C[C@H]4C[C@@H](CC(c5ccc(C)cc5)(C4)C2)C3)cs1. The molecular formula is C23H28N2OS. The van der Waals surface area contributed by atoms with Crippen molar-refractivity contribution in [2.45, 2.75) is 69.6 Å². The molecular weight excluding hydrogens is 352 g/mol. The average Bonchev–Trinajstić information content (AvgIpc) is 3.10. The molecule has 2 atom stereocenters. The number of carbonyl (C=O) groups excluding carboxylic acids is 1. The zero-order valence-corrected chi connectivity index (χ0v) is 17.1. The highest BCUT2D eigenvalue weighted by Crippen LogP contribution is 2.66. The molecule has 1 aromatic carbocycles. The number of aryl methyl sites for hydroxylation is 1. The van der Waals surface area contributed by atoms with Crippen LogP contribution in [0.15, 0.2) is 29.6 Å². The van der Waals surface area contributed by atoms with E-state index >= 15 is 0 Å². The van der Waals surface area contributed by atoms with Crippen LogP contribution in [-0.2, 0) is 15.6 Å². The summed E-state index contributed by atoms with van der Waals surface area (Å²) in [5.41, 5.74) is 4.66. The van der Waals surface area contributed by atoms with Crippen LogP contribution in [0.1, 0.15) is 68.7 Å². The van der Waals surface area contributed by atoms with Crippen molar-refractivity contribution in [2.24, 2.45) is 11.8 Å². The minimum Gasteiger partial charge on any atom is -0.302 e. The van der Waals surface area contributed by atoms with Crippen molar-refractivity contribution in [3.05, 3.63) is 46.5 Å². The number of nitrogens with one attached hydrogen (secondary N) is 1. The van der Waals surface area contributed by atoms with E-state index in [-0.39, 0.29) is 11.3 Å². The number of hydrogen-bond donors (Lipinski definition) is 1. The van der Waals surface area contributed by atoms with Crippen molar-refractivity contribution in [1.82, 2.24) is 4.98 Å². The lowest BCUT2D eigenvalue weighted by atomic mass is 9.42. The molecule has 4 aliphatic carbocycles. The predicted octanol–water partition coefficient (Wildman–Crippen LogP) is 5.59. The summed E-state index contributed by atoms with van der Waals surface area (Å²) in [4.78, 5) is 16.7. The van der Waals surface area contributed by atoms with E-state index in [1.54, 1.807) is 16.9 Å². The first-order valence-corrected chi connectivity index (χ1v) is 11.2. The number of anilines is 1. The fraction of sp³-hybridized carbons (Fsp3) is 0.565. The molecule has 1 amide bonds. The van der Waals surface area contributed by atoms with E-state index < -0.39 is 0 Å². The molecule has 0 aliphatic heterocycles. The summed E-state index contributed by atoms with van der Waals surface area (Å²) >= 11 is 1.60. The van der Waals surface area contributed by atoms with E-state index in [1.807, 2.05) is 6.92 Å². The predicted molar refractivity (Wildman–Crippen MR) is 110 cm³/mol. The molecule has 2 aromatic rings. The van der Waals surface area contributed by atoms with E-state index in [1.165, 1.54) is 49.8 Å². The van der Waals surface area contributed by atoms with Crippen molar-refractivity contribution < 1.29 is 4.79 Å². The van der Waals surface area contributed by atoms with Gasteiger partial charge in [0.05, 0.1) is 5.69 Å². The second-order valence-electron chi connectivity index (χ2n) is 9.33. The second-order valence-corrected chi connectivity index (χ2v) is 10.2. The van der Waals surface area contributed by atoms with Crippen LogP contribution in [-0.4, -0.2) is 10.9 Å². The van der Waals surface area contributed by atoms with Crippen LogP contribution in [0.25, 0.3) is 0 Å². The van der Waals surface area contributed by atoms with Gasteiger partial charge < -0.3 is 5.32 Å². The van der Waals surface area contributed by atoms with Crippen molar-refractivity contribution >= 4 is 22.4 Å². The van der Waals surface area contributed by atoms with Gasteiger partial charge in [-0.15, -0.1) is 11.3 Å². The van der Waals surface area contributed by atoms with E-state index in [9.17, 15) is 4.79 Å². The lowest BCUT2D eigenvalue weighted by Crippen LogP contribution is -2.56. The standard InChI is InChI=1S/C23H28N2OS/c1-3-20(26)25-21-24-19(13-27-21)23-11-16-8-17(12-23)10-22(9-16,14-23)18-6-4-15(2)5-7-18/h4-7,13,16-17H,3,8-12,14H2,1-2H3,(H,24,25,26)/t16-,17-,22?,23?/m0/s1. The highest BCUT2D eigenvalue weighted by molar-refractivity contribution is 7.13. The van der Waals surface area contributed by atoms with Gasteiger partial charge >= 0.3 is 0 Å². The van der Waals surface area contributed by atoms with Gasteiger partial charge in [-0.25, -0.2) is 4.98 Å². The van der Waals surface area contributed by atoms with Crippen molar-refractivity contribution in [1.29, 1.82) is 0 Å². The molecule has 6 rings (SSSR count). The summed E-state index contributed by atoms with van der Waals surface area (Å²) in [7, 11) is 0. The van der Waals surface area contributed by atoms with Gasteiger partial charge in [-0.05, 0) is 68.3 Å². The molecule has 0 spiro atoms. The second kappa shape index (κ2) is 6.16. The lowest BCUT2D eigenvalue weighted by Gasteiger charge is -2.62. The summed E-state index contributed by atoms with van der Waals surface area (Å²) in [5, 5.41) is 5.96. The Morgan fingerprint density at radius 3 is 2.48 bits per heavy atom. The Kier molecular flexibility index (Phi) is 3.98. The molecule has 0 saturated heterocycles. The Labute approximate surface area is 165 Å². The maximum atomic E-state index is 11.8. The molecule has 0 radical (unpaired) electrons. The maximum Gasteiger partial charge on any atom is 0.225 e. The van der Waals surface area contributed by atoms with Gasteiger partial charge in [0.15, 0.2) is 5.13 Å².